The fraction of sp³-hybridized carbons (Fsp3) is 1.00. The lowest BCUT2D eigenvalue weighted by molar-refractivity contribution is 0.196. The lowest BCUT2D eigenvalue weighted by Gasteiger charge is -2.15. The van der Waals surface area contributed by atoms with Gasteiger partial charge in [0.2, 0.25) is 0 Å². The van der Waals surface area contributed by atoms with E-state index in [-0.39, 0.29) is 0 Å². The van der Waals surface area contributed by atoms with Gasteiger partial charge >= 0.3 is 0 Å². The highest BCUT2D eigenvalue weighted by Gasteiger charge is 2.23. The molecule has 0 atom stereocenters. The first-order chi connectivity index (χ1) is 9.19. The SMILES string of the molecule is CCC(CC)OS(=O)(=O)CCS(=O)(=O)OC(CC)CC. The number of hydrogen-bond donors (Lipinski definition) is 0. The molecule has 0 aromatic heterocycles. The minimum atomic E-state index is -3.85. The van der Waals surface area contributed by atoms with Crippen molar-refractivity contribution >= 4 is 20.2 Å². The summed E-state index contributed by atoms with van der Waals surface area (Å²) in [5.41, 5.74) is 0. The molecule has 0 aromatic carbocycles. The van der Waals surface area contributed by atoms with E-state index in [4.69, 9.17) is 8.37 Å². The van der Waals surface area contributed by atoms with Gasteiger partial charge in [-0.15, -0.1) is 0 Å². The Kier molecular flexibility index (Phi) is 8.88. The maximum Gasteiger partial charge on any atom is 0.268 e. The molecule has 0 amide bonds. The largest absolute Gasteiger partial charge is 0.268 e. The predicted molar refractivity (Wildman–Crippen MR) is 78.5 cm³/mol. The van der Waals surface area contributed by atoms with Crippen molar-refractivity contribution in [2.75, 3.05) is 11.5 Å². The first-order valence-corrected chi connectivity index (χ1v) is 10.2. The molecule has 0 aliphatic heterocycles. The van der Waals surface area contributed by atoms with Gasteiger partial charge in [0.05, 0.1) is 23.7 Å². The second-order valence-corrected chi connectivity index (χ2v) is 8.03. The molecular weight excluding hydrogens is 304 g/mol. The minimum absolute atomic E-state index is 0.400. The normalized spacial score (nSPS) is 13.3. The van der Waals surface area contributed by atoms with Crippen LogP contribution in [-0.2, 0) is 28.6 Å². The van der Waals surface area contributed by atoms with Crippen LogP contribution >= 0.6 is 0 Å². The summed E-state index contributed by atoms with van der Waals surface area (Å²) in [4.78, 5) is 0. The molecule has 0 saturated heterocycles. The van der Waals surface area contributed by atoms with E-state index in [1.54, 1.807) is 0 Å². The molecule has 122 valence electrons. The molecular formula is C12H26O6S2. The highest BCUT2D eigenvalue weighted by atomic mass is 32.2. The van der Waals surface area contributed by atoms with E-state index in [1.165, 1.54) is 0 Å². The summed E-state index contributed by atoms with van der Waals surface area (Å²) in [5, 5.41) is 0. The van der Waals surface area contributed by atoms with Gasteiger partial charge in [-0.3, -0.25) is 8.37 Å². The molecule has 0 aromatic rings. The topological polar surface area (TPSA) is 86.7 Å². The van der Waals surface area contributed by atoms with Crippen molar-refractivity contribution < 1.29 is 25.2 Å². The summed E-state index contributed by atoms with van der Waals surface area (Å²) in [6, 6.07) is 0. The van der Waals surface area contributed by atoms with Crippen molar-refractivity contribution in [1.29, 1.82) is 0 Å². The zero-order valence-corrected chi connectivity index (χ0v) is 14.3. The molecule has 6 nitrogen and oxygen atoms in total. The molecule has 0 N–H and O–H groups in total. The zero-order chi connectivity index (χ0) is 15.8. The first kappa shape index (κ1) is 19.8. The lowest BCUT2D eigenvalue weighted by Crippen LogP contribution is -2.26. The Morgan fingerprint density at radius 1 is 0.650 bits per heavy atom. The van der Waals surface area contributed by atoms with Crippen molar-refractivity contribution in [2.45, 2.75) is 65.6 Å². The Morgan fingerprint density at radius 3 is 1.10 bits per heavy atom. The molecule has 0 fully saturated rings. The maximum atomic E-state index is 11.7. The van der Waals surface area contributed by atoms with E-state index in [1.807, 2.05) is 27.7 Å². The van der Waals surface area contributed by atoms with Crippen LogP contribution in [0, 0.1) is 0 Å². The van der Waals surface area contributed by atoms with Crippen LogP contribution in [0.5, 0.6) is 0 Å². The predicted octanol–water partition coefficient (Wildman–Crippen LogP) is 2.06. The Balaban J connectivity index is 4.52. The quantitative estimate of drug-likeness (QED) is 0.539. The smallest absolute Gasteiger partial charge is 0.267 e. The molecule has 0 bridgehead atoms. The van der Waals surface area contributed by atoms with Gasteiger partial charge in [0.1, 0.15) is 0 Å². The van der Waals surface area contributed by atoms with Gasteiger partial charge in [-0.25, -0.2) is 0 Å². The monoisotopic (exact) mass is 330 g/mol. The van der Waals surface area contributed by atoms with Gasteiger partial charge in [-0.05, 0) is 25.7 Å². The van der Waals surface area contributed by atoms with E-state index in [9.17, 15) is 16.8 Å². The van der Waals surface area contributed by atoms with Crippen LogP contribution in [0.25, 0.3) is 0 Å². The summed E-state index contributed by atoms with van der Waals surface area (Å²) in [5.74, 6) is -1.15. The molecule has 0 heterocycles. The molecule has 20 heavy (non-hydrogen) atoms. The third-order valence-corrected chi connectivity index (χ3v) is 5.77. The number of hydrogen-bond acceptors (Lipinski definition) is 6. The summed E-state index contributed by atoms with van der Waals surface area (Å²) < 4.78 is 56.6. The van der Waals surface area contributed by atoms with Crippen LogP contribution < -0.4 is 0 Å². The van der Waals surface area contributed by atoms with Crippen LogP contribution in [0.4, 0.5) is 0 Å². The highest BCUT2D eigenvalue weighted by molar-refractivity contribution is 7.90. The molecule has 0 unspecified atom stereocenters. The molecule has 0 aliphatic rings. The zero-order valence-electron chi connectivity index (χ0n) is 12.7. The molecule has 0 rings (SSSR count). The summed E-state index contributed by atoms with van der Waals surface area (Å²) in [6.45, 7) is 7.26. The van der Waals surface area contributed by atoms with Crippen molar-refractivity contribution in [2.24, 2.45) is 0 Å². The van der Waals surface area contributed by atoms with Gasteiger partial charge in [-0.2, -0.15) is 16.8 Å². The lowest BCUT2D eigenvalue weighted by atomic mass is 10.2. The van der Waals surface area contributed by atoms with E-state index in [0.29, 0.717) is 25.7 Å². The van der Waals surface area contributed by atoms with Gasteiger partial charge in [-0.1, -0.05) is 27.7 Å². The summed E-state index contributed by atoms with van der Waals surface area (Å²) >= 11 is 0. The van der Waals surface area contributed by atoms with E-state index in [0.717, 1.165) is 0 Å². The van der Waals surface area contributed by atoms with Crippen LogP contribution in [0.3, 0.4) is 0 Å². The van der Waals surface area contributed by atoms with E-state index < -0.39 is 43.9 Å². The van der Waals surface area contributed by atoms with E-state index in [2.05, 4.69) is 0 Å². The second-order valence-electron chi connectivity index (χ2n) is 4.59. The summed E-state index contributed by atoms with van der Waals surface area (Å²) in [7, 11) is -7.69. The number of rotatable bonds is 11. The molecule has 0 saturated carbocycles. The van der Waals surface area contributed by atoms with Crippen LogP contribution in [0.15, 0.2) is 0 Å². The molecule has 8 heteroatoms. The van der Waals surface area contributed by atoms with Crippen molar-refractivity contribution in [3.63, 3.8) is 0 Å². The van der Waals surface area contributed by atoms with Gasteiger partial charge < -0.3 is 0 Å². The molecule has 0 aliphatic carbocycles. The van der Waals surface area contributed by atoms with E-state index >= 15 is 0 Å². The van der Waals surface area contributed by atoms with Crippen molar-refractivity contribution in [1.82, 2.24) is 0 Å². The van der Waals surface area contributed by atoms with Crippen LogP contribution in [0.2, 0.25) is 0 Å². The van der Waals surface area contributed by atoms with Gasteiger partial charge in [0, 0.05) is 0 Å². The highest BCUT2D eigenvalue weighted by Crippen LogP contribution is 2.11. The Morgan fingerprint density at radius 2 is 0.900 bits per heavy atom. The van der Waals surface area contributed by atoms with Crippen LogP contribution in [-0.4, -0.2) is 40.5 Å². The Hall–Kier alpha value is -0.180. The minimum Gasteiger partial charge on any atom is -0.267 e. The van der Waals surface area contributed by atoms with Gasteiger partial charge in [0.15, 0.2) is 0 Å². The standard InChI is InChI=1S/C12H26O6S2/c1-5-11(6-2)17-19(13,14)9-10-20(15,16)18-12(7-3)8-4/h11-12H,5-10H2,1-4H3. The average molecular weight is 330 g/mol. The van der Waals surface area contributed by atoms with Crippen molar-refractivity contribution in [3.8, 4) is 0 Å². The Labute approximate surface area is 123 Å². The van der Waals surface area contributed by atoms with Crippen LogP contribution in [0.1, 0.15) is 53.4 Å². The molecule has 0 radical (unpaired) electrons. The maximum absolute atomic E-state index is 11.7. The second kappa shape index (κ2) is 8.96. The third-order valence-electron chi connectivity index (χ3n) is 2.97. The van der Waals surface area contributed by atoms with Gasteiger partial charge in [0.25, 0.3) is 20.2 Å². The van der Waals surface area contributed by atoms with Crippen molar-refractivity contribution in [3.05, 3.63) is 0 Å². The summed E-state index contributed by atoms with van der Waals surface area (Å²) in [6.07, 6.45) is 1.45. The fourth-order valence-electron chi connectivity index (χ4n) is 1.56. The third kappa shape index (κ3) is 8.18. The Bertz CT molecular complexity index is 402. The molecule has 0 spiro atoms. The fourth-order valence-corrected chi connectivity index (χ4v) is 4.76. The first-order valence-electron chi connectivity index (χ1n) is 7.01. The average Bonchev–Trinajstić information content (AvgIpc) is 2.40.